The van der Waals surface area contributed by atoms with Gasteiger partial charge in [-0.25, -0.2) is 0 Å². The van der Waals surface area contributed by atoms with E-state index in [0.717, 1.165) is 12.1 Å². The molecule has 0 radical (unpaired) electrons. The number of hydrogen-bond donors (Lipinski definition) is 1. The van der Waals surface area contributed by atoms with Gasteiger partial charge in [-0.2, -0.15) is 13.2 Å². The second-order valence-corrected chi connectivity index (χ2v) is 3.70. The van der Waals surface area contributed by atoms with Crippen molar-refractivity contribution in [2.45, 2.75) is 13.1 Å². The molecule has 0 aliphatic rings. The van der Waals surface area contributed by atoms with Crippen LogP contribution in [0.4, 0.5) is 13.2 Å². The lowest BCUT2D eigenvalue weighted by Gasteiger charge is -2.09. The zero-order chi connectivity index (χ0) is 10.2. The Balaban J connectivity index is 3.29. The van der Waals surface area contributed by atoms with Crippen molar-refractivity contribution in [3.63, 3.8) is 0 Å². The summed E-state index contributed by atoms with van der Waals surface area (Å²) in [6.07, 6.45) is -4.40. The fraction of sp³-hybridized carbons (Fsp3) is 0.250. The quantitative estimate of drug-likeness (QED) is 0.729. The maximum absolute atomic E-state index is 12.2. The molecule has 1 N–H and O–H groups in total. The fourth-order valence-electron chi connectivity index (χ4n) is 0.915. The van der Waals surface area contributed by atoms with E-state index < -0.39 is 11.7 Å². The maximum Gasteiger partial charge on any atom is 0.416 e. The molecule has 0 saturated carbocycles. The van der Waals surface area contributed by atoms with Crippen LogP contribution in [-0.2, 0) is 6.18 Å². The highest BCUT2D eigenvalue weighted by Gasteiger charge is 2.31. The Hall–Kier alpha value is -0.460. The fourth-order valence-corrected chi connectivity index (χ4v) is 1.23. The first-order valence-corrected chi connectivity index (χ1v) is 4.46. The molecule has 0 amide bonds. The van der Waals surface area contributed by atoms with Crippen LogP contribution in [0.1, 0.15) is 11.1 Å². The van der Waals surface area contributed by atoms with Gasteiger partial charge in [-0.1, -0.05) is 0 Å². The predicted octanol–water partition coefficient (Wildman–Crippen LogP) is 3.32. The molecule has 0 aliphatic heterocycles. The van der Waals surface area contributed by atoms with Gasteiger partial charge in [-0.3, -0.25) is 0 Å². The molecule has 1 nitrogen and oxygen atoms in total. The monoisotopic (exact) mass is 302 g/mol. The molecule has 13 heavy (non-hydrogen) atoms. The highest BCUT2D eigenvalue weighted by molar-refractivity contribution is 14.1. The van der Waals surface area contributed by atoms with Gasteiger partial charge in [-0.15, -0.1) is 0 Å². The van der Waals surface area contributed by atoms with Crippen molar-refractivity contribution < 1.29 is 18.3 Å². The Morgan fingerprint density at radius 3 is 2.23 bits per heavy atom. The number of benzene rings is 1. The molecule has 0 bridgehead atoms. The summed E-state index contributed by atoms with van der Waals surface area (Å²) < 4.78 is 36.9. The molecule has 72 valence electrons. The number of halogens is 4. The van der Waals surface area contributed by atoms with Gasteiger partial charge in [0.1, 0.15) is 5.75 Å². The minimum Gasteiger partial charge on any atom is -0.507 e. The highest BCUT2D eigenvalue weighted by atomic mass is 127. The van der Waals surface area contributed by atoms with Gasteiger partial charge in [0.2, 0.25) is 0 Å². The second kappa shape index (κ2) is 3.36. The molecule has 1 aromatic carbocycles. The van der Waals surface area contributed by atoms with E-state index in [0.29, 0.717) is 9.13 Å². The van der Waals surface area contributed by atoms with Crippen molar-refractivity contribution >= 4 is 22.6 Å². The van der Waals surface area contributed by atoms with Crippen molar-refractivity contribution in [1.29, 1.82) is 0 Å². The summed E-state index contributed by atoms with van der Waals surface area (Å²) in [5, 5.41) is 9.14. The Morgan fingerprint density at radius 1 is 1.31 bits per heavy atom. The molecule has 0 spiro atoms. The van der Waals surface area contributed by atoms with Gasteiger partial charge in [0.15, 0.2) is 0 Å². The third-order valence-corrected chi connectivity index (χ3v) is 2.97. The minimum absolute atomic E-state index is 0.326. The molecule has 1 rings (SSSR count). The zero-order valence-electron chi connectivity index (χ0n) is 6.61. The van der Waals surface area contributed by atoms with Gasteiger partial charge < -0.3 is 5.11 Å². The molecule has 0 saturated heterocycles. The lowest BCUT2D eigenvalue weighted by molar-refractivity contribution is -0.137. The van der Waals surface area contributed by atoms with E-state index in [1.54, 1.807) is 22.6 Å². The third-order valence-electron chi connectivity index (χ3n) is 1.56. The van der Waals surface area contributed by atoms with Crippen LogP contribution in [0.15, 0.2) is 12.1 Å². The summed E-state index contributed by atoms with van der Waals surface area (Å²) in [5.74, 6) is -0.326. The highest BCUT2D eigenvalue weighted by Crippen LogP contribution is 2.34. The Labute approximate surface area is 86.7 Å². The van der Waals surface area contributed by atoms with Crippen LogP contribution in [-0.4, -0.2) is 5.11 Å². The summed E-state index contributed by atoms with van der Waals surface area (Å²) in [6, 6.07) is 1.75. The molecule has 0 aliphatic carbocycles. The van der Waals surface area contributed by atoms with Gasteiger partial charge in [0.25, 0.3) is 0 Å². The molecule has 5 heteroatoms. The number of aryl methyl sites for hydroxylation is 1. The third kappa shape index (κ3) is 2.26. The number of hydrogen-bond acceptors (Lipinski definition) is 1. The van der Waals surface area contributed by atoms with Crippen molar-refractivity contribution in [3.8, 4) is 5.75 Å². The summed E-state index contributed by atoms with van der Waals surface area (Å²) >= 11 is 1.80. The predicted molar refractivity (Wildman–Crippen MR) is 50.6 cm³/mol. The lowest BCUT2D eigenvalue weighted by atomic mass is 10.1. The van der Waals surface area contributed by atoms with Crippen LogP contribution in [0.5, 0.6) is 5.75 Å². The Bertz CT molecular complexity index is 310. The summed E-state index contributed by atoms with van der Waals surface area (Å²) in [6.45, 7) is 1.52. The van der Waals surface area contributed by atoms with E-state index in [1.807, 2.05) is 0 Å². The average Bonchev–Trinajstić information content (AvgIpc) is 1.97. The van der Waals surface area contributed by atoms with Crippen LogP contribution in [0.3, 0.4) is 0 Å². The number of alkyl halides is 3. The molecular weight excluding hydrogens is 296 g/mol. The number of rotatable bonds is 0. The molecule has 0 unspecified atom stereocenters. The first kappa shape index (κ1) is 10.6. The Kier molecular flexibility index (Phi) is 2.74. The topological polar surface area (TPSA) is 20.2 Å². The van der Waals surface area contributed by atoms with Gasteiger partial charge in [0.05, 0.1) is 9.13 Å². The van der Waals surface area contributed by atoms with E-state index in [1.165, 1.54) is 6.92 Å². The summed E-state index contributed by atoms with van der Waals surface area (Å²) in [4.78, 5) is 0. The standard InChI is InChI=1S/C8H6F3IO/c1-4-2-5(8(9,10)11)3-6(13)7(4)12/h2-3,13H,1H3. The summed E-state index contributed by atoms with van der Waals surface area (Å²) in [5.41, 5.74) is -0.393. The molecular formula is C8H6F3IO. The first-order chi connectivity index (χ1) is 5.82. The van der Waals surface area contributed by atoms with Gasteiger partial charge in [-0.05, 0) is 47.2 Å². The smallest absolute Gasteiger partial charge is 0.416 e. The Morgan fingerprint density at radius 2 is 1.85 bits per heavy atom. The van der Waals surface area contributed by atoms with Crippen LogP contribution in [0.2, 0.25) is 0 Å². The van der Waals surface area contributed by atoms with Crippen molar-refractivity contribution in [3.05, 3.63) is 26.8 Å². The minimum atomic E-state index is -4.40. The lowest BCUT2D eigenvalue weighted by Crippen LogP contribution is -2.05. The van der Waals surface area contributed by atoms with Crippen molar-refractivity contribution in [1.82, 2.24) is 0 Å². The largest absolute Gasteiger partial charge is 0.507 e. The molecule has 0 aromatic heterocycles. The summed E-state index contributed by atoms with van der Waals surface area (Å²) in [7, 11) is 0. The van der Waals surface area contributed by atoms with E-state index in [4.69, 9.17) is 5.11 Å². The van der Waals surface area contributed by atoms with E-state index >= 15 is 0 Å². The normalized spacial score (nSPS) is 11.8. The number of phenolic OH excluding ortho intramolecular Hbond substituents is 1. The van der Waals surface area contributed by atoms with E-state index in [2.05, 4.69) is 0 Å². The van der Waals surface area contributed by atoms with E-state index in [-0.39, 0.29) is 5.75 Å². The molecule has 0 atom stereocenters. The molecule has 0 heterocycles. The first-order valence-electron chi connectivity index (χ1n) is 3.38. The van der Waals surface area contributed by atoms with Gasteiger partial charge >= 0.3 is 6.18 Å². The van der Waals surface area contributed by atoms with Crippen molar-refractivity contribution in [2.75, 3.05) is 0 Å². The molecule has 1 aromatic rings. The SMILES string of the molecule is Cc1cc(C(F)(F)F)cc(O)c1I. The van der Waals surface area contributed by atoms with Crippen LogP contribution in [0, 0.1) is 10.5 Å². The van der Waals surface area contributed by atoms with Crippen molar-refractivity contribution in [2.24, 2.45) is 0 Å². The maximum atomic E-state index is 12.2. The number of aromatic hydroxyl groups is 1. The number of phenols is 1. The second-order valence-electron chi connectivity index (χ2n) is 2.62. The zero-order valence-corrected chi connectivity index (χ0v) is 8.77. The van der Waals surface area contributed by atoms with Gasteiger partial charge in [0, 0.05) is 0 Å². The van der Waals surface area contributed by atoms with Crippen LogP contribution in [0.25, 0.3) is 0 Å². The van der Waals surface area contributed by atoms with Crippen LogP contribution >= 0.6 is 22.6 Å². The average molecular weight is 302 g/mol. The van der Waals surface area contributed by atoms with Crippen LogP contribution < -0.4 is 0 Å². The molecule has 0 fully saturated rings. The van der Waals surface area contributed by atoms with E-state index in [9.17, 15) is 13.2 Å².